The van der Waals surface area contributed by atoms with E-state index in [1.807, 2.05) is 19.1 Å². The third-order valence-corrected chi connectivity index (χ3v) is 3.14. The average Bonchev–Trinajstić information content (AvgIpc) is 2.44. The second-order valence-corrected chi connectivity index (χ2v) is 4.31. The van der Waals surface area contributed by atoms with Gasteiger partial charge < -0.3 is 20.6 Å². The Morgan fingerprint density at radius 1 is 1.37 bits per heavy atom. The number of likely N-dealkylation sites (N-methyl/N-ethyl adjacent to an activating group) is 1. The number of hydrogen-bond acceptors (Lipinski definition) is 4. The van der Waals surface area contributed by atoms with Crippen LogP contribution >= 0.6 is 0 Å². The zero-order valence-corrected chi connectivity index (χ0v) is 11.9. The zero-order valence-electron chi connectivity index (χ0n) is 11.9. The molecule has 0 aliphatic rings. The molecule has 0 amide bonds. The second-order valence-electron chi connectivity index (χ2n) is 4.31. The molecule has 0 aliphatic heterocycles. The van der Waals surface area contributed by atoms with E-state index in [0.717, 1.165) is 25.2 Å². The van der Waals surface area contributed by atoms with Gasteiger partial charge in [-0.05, 0) is 31.6 Å². The first kappa shape index (κ1) is 15.3. The molecule has 1 aromatic carbocycles. The van der Waals surface area contributed by atoms with Crippen LogP contribution in [0.4, 0.5) is 0 Å². The van der Waals surface area contributed by atoms with Crippen molar-refractivity contribution in [3.8, 4) is 5.75 Å². The molecule has 3 N–H and O–H groups in total. The van der Waals surface area contributed by atoms with Crippen molar-refractivity contribution >= 4 is 5.84 Å². The van der Waals surface area contributed by atoms with Gasteiger partial charge in [-0.2, -0.15) is 0 Å². The average molecular weight is 265 g/mol. The van der Waals surface area contributed by atoms with E-state index >= 15 is 0 Å². The summed E-state index contributed by atoms with van der Waals surface area (Å²) in [6.45, 7) is 9.63. The maximum Gasteiger partial charge on any atom is 0.173 e. The molecule has 0 unspecified atom stereocenters. The number of aryl methyl sites for hydroxylation is 1. The van der Waals surface area contributed by atoms with Crippen molar-refractivity contribution in [1.29, 1.82) is 0 Å². The lowest BCUT2D eigenvalue weighted by Gasteiger charge is -2.19. The van der Waals surface area contributed by atoms with Gasteiger partial charge in [-0.15, -0.1) is 0 Å². The van der Waals surface area contributed by atoms with Crippen molar-refractivity contribution in [1.82, 2.24) is 4.90 Å². The molecule has 0 spiro atoms. The highest BCUT2D eigenvalue weighted by Gasteiger charge is 2.11. The number of benzene rings is 1. The van der Waals surface area contributed by atoms with E-state index in [0.29, 0.717) is 17.9 Å². The van der Waals surface area contributed by atoms with Crippen LogP contribution in [0.3, 0.4) is 0 Å². The summed E-state index contributed by atoms with van der Waals surface area (Å²) in [5.41, 5.74) is 7.26. The van der Waals surface area contributed by atoms with Gasteiger partial charge in [-0.1, -0.05) is 31.1 Å². The number of amidine groups is 1. The lowest BCUT2D eigenvalue weighted by atomic mass is 10.1. The van der Waals surface area contributed by atoms with Gasteiger partial charge in [0, 0.05) is 6.54 Å². The van der Waals surface area contributed by atoms with Gasteiger partial charge in [0.05, 0.1) is 5.56 Å². The van der Waals surface area contributed by atoms with Gasteiger partial charge in [0.15, 0.2) is 5.84 Å². The predicted octanol–water partition coefficient (Wildman–Crippen LogP) is 1.81. The fourth-order valence-corrected chi connectivity index (χ4v) is 1.92. The first-order chi connectivity index (χ1) is 9.13. The fourth-order valence-electron chi connectivity index (χ4n) is 1.92. The molecule has 5 nitrogen and oxygen atoms in total. The highest BCUT2D eigenvalue weighted by Crippen LogP contribution is 2.23. The Hall–Kier alpha value is -1.75. The molecule has 0 atom stereocenters. The number of nitrogens with zero attached hydrogens (tertiary/aromatic N) is 2. The zero-order chi connectivity index (χ0) is 14.3. The summed E-state index contributed by atoms with van der Waals surface area (Å²) in [7, 11) is 0. The third kappa shape index (κ3) is 4.13. The summed E-state index contributed by atoms with van der Waals surface area (Å²) < 4.78 is 5.81. The molecule has 0 fully saturated rings. The molecule has 0 aromatic heterocycles. The molecule has 106 valence electrons. The molecule has 1 rings (SSSR count). The fraction of sp³-hybridized carbons (Fsp3) is 0.500. The van der Waals surface area contributed by atoms with Crippen molar-refractivity contribution < 1.29 is 9.94 Å². The van der Waals surface area contributed by atoms with Gasteiger partial charge in [0.1, 0.15) is 12.4 Å². The van der Waals surface area contributed by atoms with Crippen LogP contribution in [0.15, 0.2) is 23.4 Å². The van der Waals surface area contributed by atoms with E-state index in [1.165, 1.54) is 0 Å². The molecule has 0 bridgehead atoms. The van der Waals surface area contributed by atoms with E-state index in [-0.39, 0.29) is 5.84 Å². The summed E-state index contributed by atoms with van der Waals surface area (Å²) in [5.74, 6) is 0.756. The van der Waals surface area contributed by atoms with Gasteiger partial charge >= 0.3 is 0 Å². The molecular weight excluding hydrogens is 242 g/mol. The number of oxime groups is 1. The Morgan fingerprint density at radius 2 is 2.05 bits per heavy atom. The van der Waals surface area contributed by atoms with Gasteiger partial charge in [0.25, 0.3) is 0 Å². The Kier molecular flexibility index (Phi) is 6.15. The van der Waals surface area contributed by atoms with Gasteiger partial charge in [-0.3, -0.25) is 0 Å². The van der Waals surface area contributed by atoms with Crippen LogP contribution in [-0.4, -0.2) is 42.2 Å². The second kappa shape index (κ2) is 7.63. The van der Waals surface area contributed by atoms with Crippen LogP contribution < -0.4 is 10.5 Å². The topological polar surface area (TPSA) is 71.1 Å². The van der Waals surface area contributed by atoms with E-state index in [4.69, 9.17) is 15.7 Å². The van der Waals surface area contributed by atoms with Crippen LogP contribution in [0.5, 0.6) is 5.75 Å². The Morgan fingerprint density at radius 3 is 2.63 bits per heavy atom. The Balaban J connectivity index is 2.77. The van der Waals surface area contributed by atoms with Gasteiger partial charge in [-0.25, -0.2) is 0 Å². The monoisotopic (exact) mass is 265 g/mol. The number of nitrogens with two attached hydrogens (primary N) is 1. The largest absolute Gasteiger partial charge is 0.491 e. The summed E-state index contributed by atoms with van der Waals surface area (Å²) in [6.07, 6.45) is 0. The SMILES string of the molecule is CCN(CC)CCOc1c(C)cccc1/C(N)=N/O. The van der Waals surface area contributed by atoms with Crippen molar-refractivity contribution in [3.63, 3.8) is 0 Å². The molecule has 0 saturated heterocycles. The molecular formula is C14H23N3O2. The highest BCUT2D eigenvalue weighted by atomic mass is 16.5. The van der Waals surface area contributed by atoms with Crippen molar-refractivity contribution in [3.05, 3.63) is 29.3 Å². The quantitative estimate of drug-likeness (QED) is 0.341. The molecule has 0 radical (unpaired) electrons. The van der Waals surface area contributed by atoms with Crippen molar-refractivity contribution in [2.75, 3.05) is 26.2 Å². The summed E-state index contributed by atoms with van der Waals surface area (Å²) in [4.78, 5) is 2.28. The van der Waals surface area contributed by atoms with Crippen LogP contribution in [0.25, 0.3) is 0 Å². The maximum atomic E-state index is 8.79. The first-order valence-corrected chi connectivity index (χ1v) is 6.56. The molecule has 19 heavy (non-hydrogen) atoms. The number of hydrogen-bond donors (Lipinski definition) is 2. The molecule has 0 saturated carbocycles. The molecule has 0 heterocycles. The molecule has 1 aromatic rings. The standard InChI is InChI=1S/C14H23N3O2/c1-4-17(5-2)9-10-19-13-11(3)7-6-8-12(13)14(15)16-18/h6-8,18H,4-5,9-10H2,1-3H3,(H2,15,16). The number of para-hydroxylation sites is 1. The van der Waals surface area contributed by atoms with Gasteiger partial charge in [0.2, 0.25) is 0 Å². The minimum Gasteiger partial charge on any atom is -0.491 e. The van der Waals surface area contributed by atoms with E-state index < -0.39 is 0 Å². The summed E-state index contributed by atoms with van der Waals surface area (Å²) >= 11 is 0. The van der Waals surface area contributed by atoms with Crippen LogP contribution in [0.1, 0.15) is 25.0 Å². The number of rotatable bonds is 7. The highest BCUT2D eigenvalue weighted by molar-refractivity contribution is 5.99. The number of ether oxygens (including phenoxy) is 1. The minimum absolute atomic E-state index is 0.0709. The predicted molar refractivity (Wildman–Crippen MR) is 77.0 cm³/mol. The van der Waals surface area contributed by atoms with Crippen LogP contribution in [0.2, 0.25) is 0 Å². The Bertz CT molecular complexity index is 429. The van der Waals surface area contributed by atoms with Crippen molar-refractivity contribution in [2.45, 2.75) is 20.8 Å². The third-order valence-electron chi connectivity index (χ3n) is 3.14. The normalized spacial score (nSPS) is 11.9. The first-order valence-electron chi connectivity index (χ1n) is 6.56. The van der Waals surface area contributed by atoms with Crippen LogP contribution in [0, 0.1) is 6.92 Å². The lowest BCUT2D eigenvalue weighted by molar-refractivity contribution is 0.221. The maximum absolute atomic E-state index is 8.79. The minimum atomic E-state index is 0.0709. The molecule has 5 heteroatoms. The molecule has 0 aliphatic carbocycles. The van der Waals surface area contributed by atoms with Crippen molar-refractivity contribution in [2.24, 2.45) is 10.9 Å². The van der Waals surface area contributed by atoms with E-state index in [1.54, 1.807) is 6.07 Å². The summed E-state index contributed by atoms with van der Waals surface area (Å²) in [5, 5.41) is 11.8. The van der Waals surface area contributed by atoms with Crippen LogP contribution in [-0.2, 0) is 0 Å². The van der Waals surface area contributed by atoms with E-state index in [2.05, 4.69) is 23.9 Å². The smallest absolute Gasteiger partial charge is 0.173 e. The lowest BCUT2D eigenvalue weighted by Crippen LogP contribution is -2.28. The summed E-state index contributed by atoms with van der Waals surface area (Å²) in [6, 6.07) is 5.59. The Labute approximate surface area is 114 Å². The van der Waals surface area contributed by atoms with E-state index in [9.17, 15) is 0 Å².